The first-order valence-corrected chi connectivity index (χ1v) is 7.17. The highest BCUT2D eigenvalue weighted by Gasteiger charge is 2.08. The second-order valence-corrected chi connectivity index (χ2v) is 5.55. The molecule has 0 atom stereocenters. The first-order valence-electron chi connectivity index (χ1n) is 6.29. The Morgan fingerprint density at radius 3 is 2.67 bits per heavy atom. The second-order valence-electron chi connectivity index (χ2n) is 4.51. The number of nitrogens with zero attached hydrogens (tertiary/aromatic N) is 1. The van der Waals surface area contributed by atoms with Crippen molar-refractivity contribution in [3.05, 3.63) is 51.7 Å². The van der Waals surface area contributed by atoms with Gasteiger partial charge in [0.1, 0.15) is 0 Å². The molecular weight excluding hydrogens is 240 g/mol. The Labute approximate surface area is 113 Å². The van der Waals surface area contributed by atoms with E-state index in [1.54, 1.807) is 0 Å². The largest absolute Gasteiger partial charge is 0.399 e. The van der Waals surface area contributed by atoms with Crippen molar-refractivity contribution in [2.75, 3.05) is 12.3 Å². The molecule has 1 heterocycles. The Morgan fingerprint density at radius 2 is 2.00 bits per heavy atom. The van der Waals surface area contributed by atoms with Gasteiger partial charge in [0.2, 0.25) is 0 Å². The second kappa shape index (κ2) is 6.03. The van der Waals surface area contributed by atoms with Gasteiger partial charge in [-0.2, -0.15) is 0 Å². The van der Waals surface area contributed by atoms with Crippen LogP contribution in [0.4, 0.5) is 5.69 Å². The number of benzene rings is 1. The number of anilines is 1. The monoisotopic (exact) mass is 260 g/mol. The number of rotatable bonds is 5. The van der Waals surface area contributed by atoms with E-state index in [1.807, 2.05) is 23.5 Å². The van der Waals surface area contributed by atoms with Crippen molar-refractivity contribution in [3.63, 3.8) is 0 Å². The molecule has 0 aliphatic carbocycles. The summed E-state index contributed by atoms with van der Waals surface area (Å²) in [4.78, 5) is 3.85. The minimum absolute atomic E-state index is 0.889. The van der Waals surface area contributed by atoms with Crippen LogP contribution >= 0.6 is 11.3 Å². The van der Waals surface area contributed by atoms with Gasteiger partial charge >= 0.3 is 0 Å². The highest BCUT2D eigenvalue weighted by atomic mass is 32.1. The molecule has 96 valence electrons. The summed E-state index contributed by atoms with van der Waals surface area (Å²) in [6, 6.07) is 10.5. The molecule has 2 rings (SSSR count). The minimum atomic E-state index is 0.889. The van der Waals surface area contributed by atoms with E-state index in [4.69, 9.17) is 5.73 Å². The van der Waals surface area contributed by atoms with Gasteiger partial charge in [-0.15, -0.1) is 11.3 Å². The van der Waals surface area contributed by atoms with Gasteiger partial charge in [-0.25, -0.2) is 0 Å². The normalized spacial score (nSPS) is 11.1. The van der Waals surface area contributed by atoms with Crippen LogP contribution in [-0.4, -0.2) is 11.4 Å². The van der Waals surface area contributed by atoms with Crippen molar-refractivity contribution in [3.8, 4) is 0 Å². The van der Waals surface area contributed by atoms with Crippen LogP contribution in [0.1, 0.15) is 22.9 Å². The molecule has 3 heteroatoms. The third kappa shape index (κ3) is 3.12. The van der Waals surface area contributed by atoms with Gasteiger partial charge in [0.05, 0.1) is 0 Å². The Bertz CT molecular complexity index is 491. The molecule has 0 aliphatic heterocycles. The number of nitrogen functional groups attached to an aromatic ring is 1. The first-order chi connectivity index (χ1) is 8.70. The van der Waals surface area contributed by atoms with Gasteiger partial charge in [-0.1, -0.05) is 25.1 Å². The molecular formula is C15H20N2S. The fourth-order valence-electron chi connectivity index (χ4n) is 2.02. The fourth-order valence-corrected chi connectivity index (χ4v) is 2.76. The third-order valence-electron chi connectivity index (χ3n) is 3.29. The van der Waals surface area contributed by atoms with Crippen molar-refractivity contribution >= 4 is 17.0 Å². The fraction of sp³-hybridized carbons (Fsp3) is 0.333. The van der Waals surface area contributed by atoms with Crippen molar-refractivity contribution in [2.45, 2.75) is 26.9 Å². The Morgan fingerprint density at radius 1 is 1.17 bits per heavy atom. The van der Waals surface area contributed by atoms with E-state index in [9.17, 15) is 0 Å². The molecule has 0 unspecified atom stereocenters. The molecule has 0 amide bonds. The molecule has 2 nitrogen and oxygen atoms in total. The Kier molecular flexibility index (Phi) is 4.39. The van der Waals surface area contributed by atoms with Crippen LogP contribution in [0.2, 0.25) is 0 Å². The lowest BCUT2D eigenvalue weighted by Crippen LogP contribution is -2.22. The molecule has 0 fully saturated rings. The summed E-state index contributed by atoms with van der Waals surface area (Å²) in [5.74, 6) is 0. The van der Waals surface area contributed by atoms with Crippen molar-refractivity contribution in [1.82, 2.24) is 4.90 Å². The Balaban J connectivity index is 2.08. The lowest BCUT2D eigenvalue weighted by Gasteiger charge is -2.21. The highest BCUT2D eigenvalue weighted by Crippen LogP contribution is 2.19. The summed E-state index contributed by atoms with van der Waals surface area (Å²) in [5.41, 5.74) is 9.38. The lowest BCUT2D eigenvalue weighted by molar-refractivity contribution is 0.273. The third-order valence-corrected chi connectivity index (χ3v) is 4.15. The van der Waals surface area contributed by atoms with E-state index < -0.39 is 0 Å². The average molecular weight is 260 g/mol. The summed E-state index contributed by atoms with van der Waals surface area (Å²) < 4.78 is 0. The molecule has 1 aromatic carbocycles. The maximum absolute atomic E-state index is 5.96. The molecule has 0 bridgehead atoms. The summed E-state index contributed by atoms with van der Waals surface area (Å²) in [6.07, 6.45) is 0. The van der Waals surface area contributed by atoms with Gasteiger partial charge in [0.15, 0.2) is 0 Å². The van der Waals surface area contributed by atoms with E-state index in [0.717, 1.165) is 25.3 Å². The predicted octanol–water partition coefficient (Wildman–Crippen LogP) is 3.66. The molecule has 0 saturated heterocycles. The molecule has 0 saturated carbocycles. The van der Waals surface area contributed by atoms with E-state index in [-0.39, 0.29) is 0 Å². The average Bonchev–Trinajstić information content (AvgIpc) is 2.86. The van der Waals surface area contributed by atoms with Crippen molar-refractivity contribution in [1.29, 1.82) is 0 Å². The maximum atomic E-state index is 5.96. The molecule has 1 aromatic heterocycles. The van der Waals surface area contributed by atoms with Gasteiger partial charge in [0, 0.05) is 23.7 Å². The predicted molar refractivity (Wildman–Crippen MR) is 79.7 cm³/mol. The van der Waals surface area contributed by atoms with Crippen LogP contribution in [-0.2, 0) is 13.1 Å². The van der Waals surface area contributed by atoms with E-state index in [0.29, 0.717) is 0 Å². The van der Waals surface area contributed by atoms with Crippen LogP contribution in [0.15, 0.2) is 35.7 Å². The molecule has 2 N–H and O–H groups in total. The standard InChI is InChI=1S/C15H20N2S/c1-3-17(11-14-7-5-9-18-14)10-13-6-4-8-15(16)12(13)2/h4-9H,3,10-11,16H2,1-2H3. The van der Waals surface area contributed by atoms with Crippen molar-refractivity contribution < 1.29 is 0 Å². The van der Waals surface area contributed by atoms with Crippen LogP contribution in [0, 0.1) is 6.92 Å². The maximum Gasteiger partial charge on any atom is 0.0346 e. The summed E-state index contributed by atoms with van der Waals surface area (Å²) in [6.45, 7) is 7.33. The minimum Gasteiger partial charge on any atom is -0.399 e. The summed E-state index contributed by atoms with van der Waals surface area (Å²) in [5, 5.41) is 2.13. The molecule has 0 aliphatic rings. The number of hydrogen-bond acceptors (Lipinski definition) is 3. The van der Waals surface area contributed by atoms with Crippen molar-refractivity contribution in [2.24, 2.45) is 0 Å². The quantitative estimate of drug-likeness (QED) is 0.831. The van der Waals surface area contributed by atoms with Crippen LogP contribution < -0.4 is 5.73 Å². The van der Waals surface area contributed by atoms with E-state index in [1.165, 1.54) is 16.0 Å². The van der Waals surface area contributed by atoms with Gasteiger partial charge in [-0.3, -0.25) is 4.90 Å². The molecule has 0 radical (unpaired) electrons. The molecule has 18 heavy (non-hydrogen) atoms. The van der Waals surface area contributed by atoms with Crippen LogP contribution in [0.25, 0.3) is 0 Å². The van der Waals surface area contributed by atoms with Crippen LogP contribution in [0.5, 0.6) is 0 Å². The summed E-state index contributed by atoms with van der Waals surface area (Å²) >= 11 is 1.82. The highest BCUT2D eigenvalue weighted by molar-refractivity contribution is 7.09. The molecule has 0 spiro atoms. The lowest BCUT2D eigenvalue weighted by atomic mass is 10.1. The van der Waals surface area contributed by atoms with Gasteiger partial charge in [-0.05, 0) is 42.1 Å². The number of hydrogen-bond donors (Lipinski definition) is 1. The smallest absolute Gasteiger partial charge is 0.0346 e. The van der Waals surface area contributed by atoms with E-state index in [2.05, 4.69) is 42.3 Å². The zero-order valence-electron chi connectivity index (χ0n) is 11.0. The zero-order chi connectivity index (χ0) is 13.0. The van der Waals surface area contributed by atoms with E-state index >= 15 is 0 Å². The zero-order valence-corrected chi connectivity index (χ0v) is 11.8. The topological polar surface area (TPSA) is 29.3 Å². The van der Waals surface area contributed by atoms with Crippen LogP contribution in [0.3, 0.4) is 0 Å². The Hall–Kier alpha value is -1.32. The summed E-state index contributed by atoms with van der Waals surface area (Å²) in [7, 11) is 0. The number of thiophene rings is 1. The van der Waals surface area contributed by atoms with Gasteiger partial charge < -0.3 is 5.73 Å². The number of nitrogens with two attached hydrogens (primary N) is 1. The SMILES string of the molecule is CCN(Cc1cccs1)Cc1cccc(N)c1C. The van der Waals surface area contributed by atoms with Gasteiger partial charge in [0.25, 0.3) is 0 Å². The first kappa shape index (κ1) is 13.1. The molecule has 2 aromatic rings.